The molecule has 48 heavy (non-hydrogen) atoms. The summed E-state index contributed by atoms with van der Waals surface area (Å²) < 4.78 is 5.11. The zero-order chi connectivity index (χ0) is 34.4. The molecule has 5 rings (SSSR count). The van der Waals surface area contributed by atoms with E-state index < -0.39 is 0 Å². The van der Waals surface area contributed by atoms with Crippen LogP contribution in [-0.4, -0.2) is 32.7 Å². The molecule has 1 N–H and O–H groups in total. The highest BCUT2D eigenvalue weighted by Gasteiger charge is 2.28. The third kappa shape index (κ3) is 10.8. The van der Waals surface area contributed by atoms with Crippen LogP contribution in [0.4, 0.5) is 0 Å². The first kappa shape index (κ1) is 37.4. The summed E-state index contributed by atoms with van der Waals surface area (Å²) in [5.41, 5.74) is 4.59. The first-order valence-electron chi connectivity index (χ1n) is 18.3. The van der Waals surface area contributed by atoms with Crippen LogP contribution in [0.1, 0.15) is 134 Å². The van der Waals surface area contributed by atoms with Gasteiger partial charge in [0.2, 0.25) is 0 Å². The summed E-state index contributed by atoms with van der Waals surface area (Å²) in [6.45, 7) is 9.14. The van der Waals surface area contributed by atoms with E-state index >= 15 is 0 Å². The number of aromatic hydroxyl groups is 1. The van der Waals surface area contributed by atoms with Gasteiger partial charge >= 0.3 is 5.97 Å². The lowest BCUT2D eigenvalue weighted by molar-refractivity contribution is -0.153. The van der Waals surface area contributed by atoms with E-state index in [1.54, 1.807) is 12.1 Å². The summed E-state index contributed by atoms with van der Waals surface area (Å²) in [5, 5.41) is 20.7. The molecule has 0 bridgehead atoms. The average Bonchev–Trinajstić information content (AvgIpc) is 3.50. The monoisotopic (exact) mass is 673 g/mol. The molecule has 4 aromatic rings. The number of ether oxygens (including phenoxy) is 1. The van der Waals surface area contributed by atoms with Crippen molar-refractivity contribution in [3.63, 3.8) is 0 Å². The largest absolute Gasteiger partial charge is 0.505 e. The Labute approximate surface area is 293 Å². The molecule has 7 heteroatoms. The fourth-order valence-corrected chi connectivity index (χ4v) is 6.79. The summed E-state index contributed by atoms with van der Waals surface area (Å²) in [7, 11) is 0. The first-order valence-corrected chi connectivity index (χ1v) is 18.7. The molecule has 0 saturated carbocycles. The van der Waals surface area contributed by atoms with Crippen LogP contribution >= 0.6 is 11.6 Å². The van der Waals surface area contributed by atoms with Gasteiger partial charge in [0, 0.05) is 16.0 Å². The number of benzene rings is 3. The van der Waals surface area contributed by atoms with Gasteiger partial charge in [0.25, 0.3) is 0 Å². The maximum atomic E-state index is 11.5. The Hall–Kier alpha value is -3.38. The number of aryl methyl sites for hydroxylation is 1. The van der Waals surface area contributed by atoms with Crippen LogP contribution < -0.4 is 0 Å². The molecule has 1 saturated heterocycles. The molecule has 1 atom stereocenters. The number of unbranched alkanes of at least 4 members (excludes halogenated alkanes) is 11. The molecule has 1 aromatic heterocycles. The SMILES string of the molecule is CCCCCCCCCCCCCCC1CCCOC1=O.Cc1cc(-n2nc3ccc(Cl)cc3n2)c(O)c(C(C)(C)c2ccccc2)c1. The minimum Gasteiger partial charge on any atom is -0.505 e. The van der Waals surface area contributed by atoms with E-state index in [1.165, 1.54) is 81.8 Å². The van der Waals surface area contributed by atoms with Crippen LogP contribution in [0, 0.1) is 12.8 Å². The lowest BCUT2D eigenvalue weighted by Crippen LogP contribution is -2.23. The fraction of sp³-hybridized carbons (Fsp3) is 0.537. The number of carbonyl (C=O) groups is 1. The van der Waals surface area contributed by atoms with Crippen LogP contribution in [0.25, 0.3) is 16.7 Å². The van der Waals surface area contributed by atoms with Crippen LogP contribution in [0.2, 0.25) is 5.02 Å². The topological polar surface area (TPSA) is 77.2 Å². The number of phenolic OH excluding ortho intramolecular Hbond substituents is 1. The van der Waals surface area contributed by atoms with Gasteiger partial charge in [-0.25, -0.2) is 0 Å². The molecule has 3 aromatic carbocycles. The summed E-state index contributed by atoms with van der Waals surface area (Å²) >= 11 is 6.06. The third-order valence-corrected chi connectivity index (χ3v) is 9.88. The van der Waals surface area contributed by atoms with Crippen molar-refractivity contribution in [3.05, 3.63) is 82.4 Å². The maximum Gasteiger partial charge on any atom is 0.308 e. The Morgan fingerprint density at radius 1 is 0.854 bits per heavy atom. The minimum atomic E-state index is -0.373. The van der Waals surface area contributed by atoms with E-state index in [0.29, 0.717) is 22.8 Å². The normalized spacial score (nSPS) is 14.9. The highest BCUT2D eigenvalue weighted by atomic mass is 35.5. The predicted molar refractivity (Wildman–Crippen MR) is 198 cm³/mol. The highest BCUT2D eigenvalue weighted by molar-refractivity contribution is 6.31. The van der Waals surface area contributed by atoms with Crippen molar-refractivity contribution in [2.75, 3.05) is 6.61 Å². The Kier molecular flexibility index (Phi) is 14.8. The number of rotatable bonds is 16. The fourth-order valence-electron chi connectivity index (χ4n) is 6.63. The number of phenols is 1. The second-order valence-corrected chi connectivity index (χ2v) is 14.4. The quantitative estimate of drug-likeness (QED) is 0.0946. The number of halogens is 1. The van der Waals surface area contributed by atoms with Crippen LogP contribution in [0.15, 0.2) is 60.7 Å². The van der Waals surface area contributed by atoms with Crippen molar-refractivity contribution >= 4 is 28.6 Å². The van der Waals surface area contributed by atoms with Gasteiger partial charge in [-0.3, -0.25) is 4.79 Å². The maximum absolute atomic E-state index is 11.5. The van der Waals surface area contributed by atoms with E-state index in [9.17, 15) is 9.90 Å². The number of esters is 1. The van der Waals surface area contributed by atoms with Gasteiger partial charge < -0.3 is 9.84 Å². The summed E-state index contributed by atoms with van der Waals surface area (Å²) in [5.74, 6) is 0.451. The average molecular weight is 674 g/mol. The van der Waals surface area contributed by atoms with Gasteiger partial charge in [0.15, 0.2) is 0 Å². The van der Waals surface area contributed by atoms with E-state index in [0.717, 1.165) is 41.5 Å². The highest BCUT2D eigenvalue weighted by Crippen LogP contribution is 2.40. The number of carbonyl (C=O) groups excluding carboxylic acids is 1. The Morgan fingerprint density at radius 2 is 1.48 bits per heavy atom. The van der Waals surface area contributed by atoms with Crippen LogP contribution in [-0.2, 0) is 14.9 Å². The van der Waals surface area contributed by atoms with Crippen LogP contribution in [0.5, 0.6) is 5.75 Å². The lowest BCUT2D eigenvalue weighted by Gasteiger charge is -2.28. The zero-order valence-corrected chi connectivity index (χ0v) is 30.4. The molecule has 0 radical (unpaired) electrons. The number of hydrogen-bond acceptors (Lipinski definition) is 5. The molecule has 0 aliphatic carbocycles. The Bertz CT molecular complexity index is 1570. The molecular formula is C41H56ClN3O3. The van der Waals surface area contributed by atoms with Gasteiger partial charge in [-0.05, 0) is 61.6 Å². The molecule has 0 amide bonds. The summed E-state index contributed by atoms with van der Waals surface area (Å²) in [6, 6.07) is 19.4. The number of fused-ring (bicyclic) bond motifs is 1. The molecule has 2 heterocycles. The summed E-state index contributed by atoms with van der Waals surface area (Å²) in [4.78, 5) is 13.0. The third-order valence-electron chi connectivity index (χ3n) is 9.64. The van der Waals surface area contributed by atoms with Crippen molar-refractivity contribution in [2.45, 2.75) is 129 Å². The van der Waals surface area contributed by atoms with Gasteiger partial charge in [-0.15, -0.1) is 15.0 Å². The molecule has 1 fully saturated rings. The van der Waals surface area contributed by atoms with Gasteiger partial charge in [-0.1, -0.05) is 146 Å². The van der Waals surface area contributed by atoms with Gasteiger partial charge in [0.05, 0.1) is 12.5 Å². The minimum absolute atomic E-state index is 0.0596. The van der Waals surface area contributed by atoms with E-state index in [1.807, 2.05) is 43.3 Å². The second-order valence-electron chi connectivity index (χ2n) is 14.0. The molecule has 1 aliphatic heterocycles. The first-order chi connectivity index (χ1) is 23.2. The van der Waals surface area contributed by atoms with Crippen molar-refractivity contribution < 1.29 is 14.6 Å². The lowest BCUT2D eigenvalue weighted by atomic mass is 9.77. The number of cyclic esters (lactones) is 1. The smallest absolute Gasteiger partial charge is 0.308 e. The van der Waals surface area contributed by atoms with Crippen molar-refractivity contribution in [1.29, 1.82) is 0 Å². The molecule has 1 unspecified atom stereocenters. The molecule has 1 aliphatic rings. The van der Waals surface area contributed by atoms with Crippen molar-refractivity contribution in [1.82, 2.24) is 15.0 Å². The van der Waals surface area contributed by atoms with E-state index in [4.69, 9.17) is 16.3 Å². The summed E-state index contributed by atoms with van der Waals surface area (Å²) in [6.07, 6.45) is 19.7. The second kappa shape index (κ2) is 19.0. The standard InChI is InChI=1S/C22H20ClN3O.C19H36O2/c1-14-11-17(22(2,3)15-7-5-4-6-8-15)21(27)20(12-14)26-24-18-10-9-16(23)13-19(18)25-26;1-2-3-4-5-6-7-8-9-10-11-12-13-15-18-16-14-17-21-19(18)20/h4-13,27H,1-3H3;18H,2-17H2,1H3. The Balaban J connectivity index is 0.000000225. The number of nitrogens with zero attached hydrogens (tertiary/aromatic N) is 3. The Morgan fingerprint density at radius 3 is 2.12 bits per heavy atom. The van der Waals surface area contributed by atoms with Crippen molar-refractivity contribution in [3.8, 4) is 11.4 Å². The molecule has 0 spiro atoms. The van der Waals surface area contributed by atoms with Gasteiger partial charge in [-0.2, -0.15) is 0 Å². The zero-order valence-electron chi connectivity index (χ0n) is 29.6. The molecular weight excluding hydrogens is 618 g/mol. The molecule has 260 valence electrons. The van der Waals surface area contributed by atoms with Crippen LogP contribution in [0.3, 0.4) is 0 Å². The molecule has 6 nitrogen and oxygen atoms in total. The predicted octanol–water partition coefficient (Wildman–Crippen LogP) is 11.4. The van der Waals surface area contributed by atoms with Crippen molar-refractivity contribution in [2.24, 2.45) is 5.92 Å². The van der Waals surface area contributed by atoms with E-state index in [2.05, 4.69) is 43.1 Å². The van der Waals surface area contributed by atoms with E-state index in [-0.39, 0.29) is 23.1 Å². The number of hydrogen-bond donors (Lipinski definition) is 1. The van der Waals surface area contributed by atoms with Gasteiger partial charge in [0.1, 0.15) is 22.5 Å². The number of aromatic nitrogens is 3.